The van der Waals surface area contributed by atoms with Gasteiger partial charge in [0.05, 0.1) is 15.4 Å². The number of rotatable bonds is 2. The quantitative estimate of drug-likeness (QED) is 0.885. The van der Waals surface area contributed by atoms with Crippen molar-refractivity contribution in [3.05, 3.63) is 27.5 Å². The SMILES string of the molecule is O=C(Nc1cnns1)c1ccc(Cl)s1. The Kier molecular flexibility index (Phi) is 2.76. The monoisotopic (exact) mass is 245 g/mol. The molecule has 0 fully saturated rings. The minimum atomic E-state index is -0.187. The molecule has 0 saturated heterocycles. The zero-order valence-corrected chi connectivity index (χ0v) is 9.12. The van der Waals surface area contributed by atoms with Crippen molar-refractivity contribution >= 4 is 45.4 Å². The van der Waals surface area contributed by atoms with Crippen LogP contribution in [0, 0.1) is 0 Å². The van der Waals surface area contributed by atoms with Crippen LogP contribution in [-0.2, 0) is 0 Å². The highest BCUT2D eigenvalue weighted by Gasteiger charge is 2.09. The van der Waals surface area contributed by atoms with E-state index in [2.05, 4.69) is 14.9 Å². The van der Waals surface area contributed by atoms with Crippen molar-refractivity contribution in [2.45, 2.75) is 0 Å². The van der Waals surface area contributed by atoms with Crippen LogP contribution in [0.3, 0.4) is 0 Å². The number of halogens is 1. The van der Waals surface area contributed by atoms with Crippen LogP contribution in [0.15, 0.2) is 18.3 Å². The number of amides is 1. The zero-order chi connectivity index (χ0) is 9.97. The normalized spacial score (nSPS) is 10.1. The fraction of sp³-hybridized carbons (Fsp3) is 0. The van der Waals surface area contributed by atoms with E-state index in [1.54, 1.807) is 12.1 Å². The summed E-state index contributed by atoms with van der Waals surface area (Å²) in [5.41, 5.74) is 0. The lowest BCUT2D eigenvalue weighted by Gasteiger charge is -1.96. The van der Waals surface area contributed by atoms with E-state index < -0.39 is 0 Å². The predicted octanol–water partition coefficient (Wildman–Crippen LogP) is 2.51. The third-order valence-corrected chi connectivity index (χ3v) is 3.21. The van der Waals surface area contributed by atoms with Crippen molar-refractivity contribution in [1.29, 1.82) is 0 Å². The molecule has 2 aromatic rings. The van der Waals surface area contributed by atoms with E-state index in [1.165, 1.54) is 17.5 Å². The van der Waals surface area contributed by atoms with Gasteiger partial charge in [0.25, 0.3) is 5.91 Å². The van der Waals surface area contributed by atoms with Crippen LogP contribution in [0.4, 0.5) is 5.00 Å². The lowest BCUT2D eigenvalue weighted by atomic mass is 10.4. The Labute approximate surface area is 92.7 Å². The lowest BCUT2D eigenvalue weighted by Crippen LogP contribution is -2.08. The van der Waals surface area contributed by atoms with Gasteiger partial charge in [-0.15, -0.1) is 16.4 Å². The molecule has 0 bridgehead atoms. The molecular weight excluding hydrogens is 242 g/mol. The van der Waals surface area contributed by atoms with E-state index in [9.17, 15) is 4.79 Å². The topological polar surface area (TPSA) is 54.9 Å². The first-order chi connectivity index (χ1) is 6.75. The molecule has 2 heterocycles. The molecule has 0 aliphatic rings. The standard InChI is InChI=1S/C7H4ClN3OS2/c8-5-2-1-4(13-5)7(12)10-6-3-9-11-14-6/h1-3H,(H,10,12). The Morgan fingerprint density at radius 3 is 2.93 bits per heavy atom. The Morgan fingerprint density at radius 1 is 1.50 bits per heavy atom. The van der Waals surface area contributed by atoms with Gasteiger partial charge < -0.3 is 5.32 Å². The van der Waals surface area contributed by atoms with Gasteiger partial charge in [-0.05, 0) is 12.1 Å². The number of thiophene rings is 1. The van der Waals surface area contributed by atoms with Crippen molar-refractivity contribution < 1.29 is 4.79 Å². The molecule has 0 atom stereocenters. The fourth-order valence-corrected chi connectivity index (χ4v) is 2.19. The number of hydrogen-bond acceptors (Lipinski definition) is 5. The van der Waals surface area contributed by atoms with E-state index in [0.717, 1.165) is 11.5 Å². The van der Waals surface area contributed by atoms with E-state index >= 15 is 0 Å². The van der Waals surface area contributed by atoms with Crippen molar-refractivity contribution in [3.63, 3.8) is 0 Å². The van der Waals surface area contributed by atoms with Crippen molar-refractivity contribution in [1.82, 2.24) is 9.59 Å². The molecule has 7 heteroatoms. The number of anilines is 1. The molecule has 0 aliphatic carbocycles. The molecule has 1 N–H and O–H groups in total. The van der Waals surface area contributed by atoms with Gasteiger partial charge in [0.15, 0.2) is 0 Å². The molecule has 0 aromatic carbocycles. The number of carbonyl (C=O) groups excluding carboxylic acids is 1. The summed E-state index contributed by atoms with van der Waals surface area (Å²) in [5.74, 6) is -0.187. The van der Waals surface area contributed by atoms with E-state index in [-0.39, 0.29) is 5.91 Å². The second kappa shape index (κ2) is 4.04. The first-order valence-corrected chi connectivity index (χ1v) is 5.56. The van der Waals surface area contributed by atoms with E-state index in [4.69, 9.17) is 11.6 Å². The first-order valence-electron chi connectivity index (χ1n) is 3.60. The van der Waals surface area contributed by atoms with Gasteiger partial charge in [-0.2, -0.15) is 0 Å². The van der Waals surface area contributed by atoms with Gasteiger partial charge in [-0.25, -0.2) is 0 Å². The van der Waals surface area contributed by atoms with Crippen LogP contribution in [0.5, 0.6) is 0 Å². The van der Waals surface area contributed by atoms with Gasteiger partial charge in [-0.1, -0.05) is 16.1 Å². The van der Waals surface area contributed by atoms with Crippen LogP contribution in [0.25, 0.3) is 0 Å². The molecular formula is C7H4ClN3OS2. The highest BCUT2D eigenvalue weighted by molar-refractivity contribution is 7.18. The molecule has 2 aromatic heterocycles. The Balaban J connectivity index is 2.10. The van der Waals surface area contributed by atoms with Gasteiger partial charge >= 0.3 is 0 Å². The fourth-order valence-electron chi connectivity index (χ4n) is 0.832. The maximum atomic E-state index is 11.5. The first kappa shape index (κ1) is 9.57. The minimum Gasteiger partial charge on any atom is -0.310 e. The Bertz CT molecular complexity index is 439. The molecule has 0 aliphatic heterocycles. The molecule has 1 amide bonds. The molecule has 0 spiro atoms. The Hall–Kier alpha value is -0.980. The summed E-state index contributed by atoms with van der Waals surface area (Å²) in [6.07, 6.45) is 1.50. The van der Waals surface area contributed by atoms with Gasteiger partial charge in [0.2, 0.25) is 0 Å². The molecule has 0 saturated carbocycles. The lowest BCUT2D eigenvalue weighted by molar-refractivity contribution is 0.103. The molecule has 14 heavy (non-hydrogen) atoms. The summed E-state index contributed by atoms with van der Waals surface area (Å²) in [5, 5.41) is 6.89. The maximum absolute atomic E-state index is 11.5. The highest BCUT2D eigenvalue weighted by atomic mass is 35.5. The maximum Gasteiger partial charge on any atom is 0.266 e. The summed E-state index contributed by atoms with van der Waals surface area (Å²) in [4.78, 5) is 12.1. The summed E-state index contributed by atoms with van der Waals surface area (Å²) in [6, 6.07) is 3.36. The van der Waals surface area contributed by atoms with Crippen LogP contribution in [-0.4, -0.2) is 15.5 Å². The van der Waals surface area contributed by atoms with E-state index in [1.807, 2.05) is 0 Å². The molecule has 72 valence electrons. The van der Waals surface area contributed by atoms with Crippen LogP contribution in [0.2, 0.25) is 4.34 Å². The number of hydrogen-bond donors (Lipinski definition) is 1. The highest BCUT2D eigenvalue weighted by Crippen LogP contribution is 2.22. The van der Waals surface area contributed by atoms with Crippen LogP contribution < -0.4 is 5.32 Å². The van der Waals surface area contributed by atoms with Gasteiger partial charge in [-0.3, -0.25) is 4.79 Å². The zero-order valence-electron chi connectivity index (χ0n) is 6.73. The second-order valence-electron chi connectivity index (χ2n) is 2.34. The van der Waals surface area contributed by atoms with Crippen LogP contribution in [0.1, 0.15) is 9.67 Å². The third kappa shape index (κ3) is 2.09. The molecule has 0 unspecified atom stereocenters. The largest absolute Gasteiger partial charge is 0.310 e. The average molecular weight is 246 g/mol. The molecule has 4 nitrogen and oxygen atoms in total. The average Bonchev–Trinajstić information content (AvgIpc) is 2.75. The molecule has 2 rings (SSSR count). The number of carbonyl (C=O) groups is 1. The minimum absolute atomic E-state index is 0.187. The third-order valence-electron chi connectivity index (χ3n) is 1.40. The van der Waals surface area contributed by atoms with Crippen molar-refractivity contribution in [3.8, 4) is 0 Å². The van der Waals surface area contributed by atoms with E-state index in [0.29, 0.717) is 14.2 Å². The van der Waals surface area contributed by atoms with Gasteiger partial charge in [0, 0.05) is 11.5 Å². The van der Waals surface area contributed by atoms with Crippen molar-refractivity contribution in [2.75, 3.05) is 5.32 Å². The second-order valence-corrected chi connectivity index (χ2v) is 4.84. The summed E-state index contributed by atoms with van der Waals surface area (Å²) >= 11 is 8.07. The summed E-state index contributed by atoms with van der Waals surface area (Å²) < 4.78 is 4.22. The summed E-state index contributed by atoms with van der Waals surface area (Å²) in [6.45, 7) is 0. The number of nitrogens with zero attached hydrogens (tertiary/aromatic N) is 2. The van der Waals surface area contributed by atoms with Crippen molar-refractivity contribution in [2.24, 2.45) is 0 Å². The Morgan fingerprint density at radius 2 is 2.36 bits per heavy atom. The number of nitrogens with one attached hydrogen (secondary N) is 1. The predicted molar refractivity (Wildman–Crippen MR) is 57.2 cm³/mol. The van der Waals surface area contributed by atoms with Gasteiger partial charge in [0.1, 0.15) is 5.00 Å². The summed E-state index contributed by atoms with van der Waals surface area (Å²) in [7, 11) is 0. The smallest absolute Gasteiger partial charge is 0.266 e. The van der Waals surface area contributed by atoms with Crippen LogP contribution >= 0.6 is 34.5 Å². The number of aromatic nitrogens is 2. The molecule has 0 radical (unpaired) electrons.